The second-order valence-electron chi connectivity index (χ2n) is 7.56. The molecule has 2 aliphatic carbocycles. The number of fused-ring (bicyclic) bond motifs is 1. The molecule has 1 heteroatoms. The van der Waals surface area contributed by atoms with E-state index in [1.807, 2.05) is 0 Å². The van der Waals surface area contributed by atoms with Crippen molar-refractivity contribution in [3.63, 3.8) is 0 Å². The second-order valence-corrected chi connectivity index (χ2v) is 7.56. The van der Waals surface area contributed by atoms with Crippen LogP contribution in [0.15, 0.2) is 24.3 Å². The fourth-order valence-electron chi connectivity index (χ4n) is 3.96. The summed E-state index contributed by atoms with van der Waals surface area (Å²) in [4.78, 5) is 0. The Hall–Kier alpha value is -0.820. The van der Waals surface area contributed by atoms with Gasteiger partial charge in [0.25, 0.3) is 0 Å². The molecule has 0 saturated heterocycles. The molecule has 0 bridgehead atoms. The first kappa shape index (κ1) is 12.2. The highest BCUT2D eigenvalue weighted by Crippen LogP contribution is 2.73. The van der Waals surface area contributed by atoms with Gasteiger partial charge >= 0.3 is 0 Å². The lowest BCUT2D eigenvalue weighted by atomic mass is 9.83. The third kappa shape index (κ3) is 1.43. The summed E-state index contributed by atoms with van der Waals surface area (Å²) in [5.41, 5.74) is 3.48. The first-order valence-electron chi connectivity index (χ1n) is 7.09. The van der Waals surface area contributed by atoms with Crippen LogP contribution in [0.4, 0.5) is 0 Å². The van der Waals surface area contributed by atoms with Crippen LogP contribution in [0.5, 0.6) is 0 Å². The van der Waals surface area contributed by atoms with Crippen LogP contribution in [0.3, 0.4) is 0 Å². The summed E-state index contributed by atoms with van der Waals surface area (Å²) >= 11 is 0. The number of benzene rings is 1. The van der Waals surface area contributed by atoms with Gasteiger partial charge in [0.1, 0.15) is 0 Å². The summed E-state index contributed by atoms with van der Waals surface area (Å²) in [6, 6.07) is 9.13. The van der Waals surface area contributed by atoms with Gasteiger partial charge < -0.3 is 5.11 Å². The Morgan fingerprint density at radius 2 is 1.78 bits per heavy atom. The molecule has 0 radical (unpaired) electrons. The molecule has 1 aromatic rings. The van der Waals surface area contributed by atoms with E-state index in [1.165, 1.54) is 11.1 Å². The molecule has 1 N–H and O–H groups in total. The summed E-state index contributed by atoms with van der Waals surface area (Å²) in [5.74, 6) is 0. The van der Waals surface area contributed by atoms with E-state index in [2.05, 4.69) is 52.0 Å². The van der Waals surface area contributed by atoms with Crippen molar-refractivity contribution in [2.24, 2.45) is 5.41 Å². The fraction of sp³-hybridized carbons (Fsp3) is 0.647. The lowest BCUT2D eigenvalue weighted by molar-refractivity contribution is 0.113. The van der Waals surface area contributed by atoms with Crippen molar-refractivity contribution in [3.05, 3.63) is 35.4 Å². The number of aliphatic hydroxyl groups is 1. The first-order valence-corrected chi connectivity index (χ1v) is 7.09. The van der Waals surface area contributed by atoms with Gasteiger partial charge in [-0.2, -0.15) is 0 Å². The molecule has 0 unspecified atom stereocenters. The zero-order chi connectivity index (χ0) is 13.2. The van der Waals surface area contributed by atoms with Gasteiger partial charge in [0, 0.05) is 10.8 Å². The third-order valence-electron chi connectivity index (χ3n) is 5.52. The van der Waals surface area contributed by atoms with Crippen LogP contribution in [0, 0.1) is 5.41 Å². The minimum atomic E-state index is -0.0974. The van der Waals surface area contributed by atoms with Crippen LogP contribution < -0.4 is 0 Å². The Balaban J connectivity index is 1.92. The minimum absolute atomic E-state index is 0.0974. The Morgan fingerprint density at radius 3 is 2.17 bits per heavy atom. The van der Waals surface area contributed by atoms with E-state index in [4.69, 9.17) is 0 Å². The highest BCUT2D eigenvalue weighted by molar-refractivity contribution is 5.43. The SMILES string of the molecule is CC(C)(C)c1ccc([C@@]23CC[C@H](O)[C@]2(C)C3)cc1. The maximum absolute atomic E-state index is 10.1. The molecule has 3 atom stereocenters. The minimum Gasteiger partial charge on any atom is -0.393 e. The molecule has 3 rings (SSSR count). The van der Waals surface area contributed by atoms with Gasteiger partial charge in [-0.1, -0.05) is 52.0 Å². The van der Waals surface area contributed by atoms with Gasteiger partial charge in [0.2, 0.25) is 0 Å². The van der Waals surface area contributed by atoms with Crippen molar-refractivity contribution < 1.29 is 5.11 Å². The average Bonchev–Trinajstić information content (AvgIpc) is 2.86. The van der Waals surface area contributed by atoms with Crippen molar-refractivity contribution in [3.8, 4) is 0 Å². The summed E-state index contributed by atoms with van der Waals surface area (Å²) in [6.07, 6.45) is 3.19. The molecule has 0 spiro atoms. The summed E-state index contributed by atoms with van der Waals surface area (Å²) in [7, 11) is 0. The first-order chi connectivity index (χ1) is 8.30. The van der Waals surface area contributed by atoms with Crippen LogP contribution in [0.2, 0.25) is 0 Å². The van der Waals surface area contributed by atoms with Gasteiger partial charge in [0.15, 0.2) is 0 Å². The predicted octanol–water partition coefficient (Wildman–Crippen LogP) is 3.79. The van der Waals surface area contributed by atoms with Gasteiger partial charge in [0.05, 0.1) is 6.10 Å². The molecule has 0 aliphatic heterocycles. The van der Waals surface area contributed by atoms with E-state index in [1.54, 1.807) is 0 Å². The van der Waals surface area contributed by atoms with Crippen LogP contribution in [0.25, 0.3) is 0 Å². The topological polar surface area (TPSA) is 20.2 Å². The van der Waals surface area contributed by atoms with E-state index in [0.29, 0.717) is 0 Å². The lowest BCUT2D eigenvalue weighted by Gasteiger charge is -2.21. The normalized spacial score (nSPS) is 38.6. The Kier molecular flexibility index (Phi) is 2.30. The van der Waals surface area contributed by atoms with Gasteiger partial charge in [-0.05, 0) is 35.8 Å². The maximum Gasteiger partial charge on any atom is 0.0603 e. The number of hydrogen-bond donors (Lipinski definition) is 1. The zero-order valence-corrected chi connectivity index (χ0v) is 12.0. The fourth-order valence-corrected chi connectivity index (χ4v) is 3.96. The van der Waals surface area contributed by atoms with Crippen LogP contribution >= 0.6 is 0 Å². The second kappa shape index (κ2) is 3.39. The van der Waals surface area contributed by atoms with Gasteiger partial charge in [-0.15, -0.1) is 0 Å². The molecule has 1 nitrogen and oxygen atoms in total. The summed E-state index contributed by atoms with van der Waals surface area (Å²) in [6.45, 7) is 9.00. The monoisotopic (exact) mass is 244 g/mol. The maximum atomic E-state index is 10.1. The summed E-state index contributed by atoms with van der Waals surface area (Å²) < 4.78 is 0. The van der Waals surface area contributed by atoms with Crippen LogP contribution in [-0.2, 0) is 10.8 Å². The Bertz CT molecular complexity index is 463. The molecule has 0 heterocycles. The smallest absolute Gasteiger partial charge is 0.0603 e. The van der Waals surface area contributed by atoms with Crippen LogP contribution in [-0.4, -0.2) is 11.2 Å². The molecular weight excluding hydrogens is 220 g/mol. The molecule has 1 aromatic carbocycles. The molecule has 2 saturated carbocycles. The number of rotatable bonds is 1. The lowest BCUT2D eigenvalue weighted by Crippen LogP contribution is -2.18. The van der Waals surface area contributed by atoms with Gasteiger partial charge in [-0.25, -0.2) is 0 Å². The molecular formula is C17H24O. The zero-order valence-electron chi connectivity index (χ0n) is 12.0. The van der Waals surface area contributed by atoms with E-state index in [-0.39, 0.29) is 22.3 Å². The van der Waals surface area contributed by atoms with E-state index in [0.717, 1.165) is 19.3 Å². The quantitative estimate of drug-likeness (QED) is 0.797. The predicted molar refractivity (Wildman–Crippen MR) is 74.8 cm³/mol. The number of aliphatic hydroxyl groups excluding tert-OH is 1. The van der Waals surface area contributed by atoms with Crippen molar-refractivity contribution in [2.75, 3.05) is 0 Å². The van der Waals surface area contributed by atoms with Crippen molar-refractivity contribution >= 4 is 0 Å². The standard InChI is InChI=1S/C17H24O/c1-15(2,3)12-5-7-13(8-6-12)17-10-9-14(18)16(17,4)11-17/h5-8,14,18H,9-11H2,1-4H3/t14-,16-,17-/m0/s1. The molecule has 0 amide bonds. The van der Waals surface area contributed by atoms with Crippen molar-refractivity contribution in [2.45, 2.75) is 63.9 Å². The molecule has 0 aromatic heterocycles. The largest absolute Gasteiger partial charge is 0.393 e. The highest BCUT2D eigenvalue weighted by atomic mass is 16.3. The van der Waals surface area contributed by atoms with Crippen molar-refractivity contribution in [1.82, 2.24) is 0 Å². The molecule has 18 heavy (non-hydrogen) atoms. The highest BCUT2D eigenvalue weighted by Gasteiger charge is 2.71. The molecule has 98 valence electrons. The Morgan fingerprint density at radius 1 is 1.17 bits per heavy atom. The van der Waals surface area contributed by atoms with Crippen LogP contribution in [0.1, 0.15) is 58.1 Å². The number of hydrogen-bond acceptors (Lipinski definition) is 1. The van der Waals surface area contributed by atoms with Gasteiger partial charge in [-0.3, -0.25) is 0 Å². The summed E-state index contributed by atoms with van der Waals surface area (Å²) in [5, 5.41) is 10.1. The molecule has 2 aliphatic rings. The van der Waals surface area contributed by atoms with Crippen molar-refractivity contribution in [1.29, 1.82) is 0 Å². The molecule has 2 fully saturated rings. The third-order valence-corrected chi connectivity index (χ3v) is 5.52. The Labute approximate surface area is 110 Å². The van der Waals surface area contributed by atoms with E-state index < -0.39 is 0 Å². The average molecular weight is 244 g/mol. The van der Waals surface area contributed by atoms with E-state index >= 15 is 0 Å². The van der Waals surface area contributed by atoms with E-state index in [9.17, 15) is 5.11 Å².